The first-order valence-electron chi connectivity index (χ1n) is 9.14. The van der Waals surface area contributed by atoms with Gasteiger partial charge in [-0.15, -0.1) is 5.10 Å². The molecular weight excluding hydrogens is 360 g/mol. The number of carbonyl (C=O) groups is 1. The number of unbranched alkanes of at least 4 members (excludes halogenated alkanes) is 1. The Hall–Kier alpha value is -2.66. The van der Waals surface area contributed by atoms with E-state index in [0.29, 0.717) is 30.4 Å². The minimum absolute atomic E-state index is 0.0993. The summed E-state index contributed by atoms with van der Waals surface area (Å²) in [4.78, 5) is 14.8. The maximum absolute atomic E-state index is 13.0. The minimum Gasteiger partial charge on any atom is -0.333 e. The van der Waals surface area contributed by atoms with Crippen LogP contribution in [0.15, 0.2) is 60.8 Å². The highest BCUT2D eigenvalue weighted by molar-refractivity contribution is 6.31. The average molecular weight is 383 g/mol. The van der Waals surface area contributed by atoms with Gasteiger partial charge in [-0.05, 0) is 23.6 Å². The number of amides is 1. The molecular formula is C21H23ClN4O. The molecule has 0 saturated heterocycles. The number of carbonyl (C=O) groups excluding carboxylic acids is 1. The Balaban J connectivity index is 1.73. The standard InChI is InChI=1S/C21H23ClN4O/c1-2-3-13-25(14-17-9-5-4-6-10-17)21(27)20-16-26(24-23-20)15-18-11-7-8-12-19(18)22/h4-12,16H,2-3,13-15H2,1H3. The first kappa shape index (κ1) is 19.1. The van der Waals surface area contributed by atoms with Gasteiger partial charge in [0.15, 0.2) is 5.69 Å². The summed E-state index contributed by atoms with van der Waals surface area (Å²) in [5.41, 5.74) is 2.40. The van der Waals surface area contributed by atoms with Gasteiger partial charge < -0.3 is 4.90 Å². The number of hydrogen-bond acceptors (Lipinski definition) is 3. The van der Waals surface area contributed by atoms with Crippen LogP contribution in [0.2, 0.25) is 5.02 Å². The van der Waals surface area contributed by atoms with Crippen molar-refractivity contribution in [2.75, 3.05) is 6.54 Å². The zero-order chi connectivity index (χ0) is 19.1. The molecule has 0 spiro atoms. The number of benzene rings is 2. The van der Waals surface area contributed by atoms with E-state index in [2.05, 4.69) is 17.2 Å². The van der Waals surface area contributed by atoms with Crippen LogP contribution in [-0.4, -0.2) is 32.3 Å². The number of rotatable bonds is 8. The van der Waals surface area contributed by atoms with Crippen molar-refractivity contribution in [3.63, 3.8) is 0 Å². The lowest BCUT2D eigenvalue weighted by molar-refractivity contribution is 0.0734. The van der Waals surface area contributed by atoms with Crippen LogP contribution in [0.5, 0.6) is 0 Å². The molecule has 2 aromatic carbocycles. The monoisotopic (exact) mass is 382 g/mol. The van der Waals surface area contributed by atoms with Crippen LogP contribution in [0.1, 0.15) is 41.4 Å². The fraction of sp³-hybridized carbons (Fsp3) is 0.286. The average Bonchev–Trinajstić information content (AvgIpc) is 3.16. The number of aromatic nitrogens is 3. The van der Waals surface area contributed by atoms with Crippen LogP contribution in [-0.2, 0) is 13.1 Å². The smallest absolute Gasteiger partial charge is 0.276 e. The highest BCUT2D eigenvalue weighted by Crippen LogP contribution is 2.16. The molecule has 140 valence electrons. The molecule has 0 aliphatic rings. The Kier molecular flexibility index (Phi) is 6.60. The molecule has 1 heterocycles. The van der Waals surface area contributed by atoms with Crippen molar-refractivity contribution in [1.82, 2.24) is 19.9 Å². The SMILES string of the molecule is CCCCN(Cc1ccccc1)C(=O)c1cn(Cc2ccccc2Cl)nn1. The Morgan fingerprint density at radius 1 is 1.11 bits per heavy atom. The molecule has 3 aromatic rings. The fourth-order valence-electron chi connectivity index (χ4n) is 2.84. The molecule has 6 heteroatoms. The van der Waals surface area contributed by atoms with Crippen LogP contribution in [0.3, 0.4) is 0 Å². The molecule has 0 bridgehead atoms. The number of nitrogens with zero attached hydrogens (tertiary/aromatic N) is 4. The van der Waals surface area contributed by atoms with Crippen molar-refractivity contribution in [3.05, 3.63) is 82.6 Å². The topological polar surface area (TPSA) is 51.0 Å². The van der Waals surface area contributed by atoms with Gasteiger partial charge in [0, 0.05) is 18.1 Å². The van der Waals surface area contributed by atoms with E-state index < -0.39 is 0 Å². The predicted molar refractivity (Wildman–Crippen MR) is 107 cm³/mol. The van der Waals surface area contributed by atoms with E-state index in [1.54, 1.807) is 10.9 Å². The van der Waals surface area contributed by atoms with Gasteiger partial charge in [-0.1, -0.05) is 78.7 Å². The van der Waals surface area contributed by atoms with Gasteiger partial charge in [-0.3, -0.25) is 4.79 Å². The third kappa shape index (κ3) is 5.17. The van der Waals surface area contributed by atoms with Crippen LogP contribution < -0.4 is 0 Å². The van der Waals surface area contributed by atoms with Crippen molar-refractivity contribution in [2.24, 2.45) is 0 Å². The Bertz CT molecular complexity index is 879. The van der Waals surface area contributed by atoms with E-state index in [1.807, 2.05) is 59.5 Å². The molecule has 0 aliphatic heterocycles. The molecule has 1 amide bonds. The zero-order valence-corrected chi connectivity index (χ0v) is 16.1. The highest BCUT2D eigenvalue weighted by atomic mass is 35.5. The van der Waals surface area contributed by atoms with Crippen LogP contribution >= 0.6 is 11.6 Å². The zero-order valence-electron chi connectivity index (χ0n) is 15.4. The number of halogens is 1. The Labute approximate surface area is 164 Å². The maximum Gasteiger partial charge on any atom is 0.276 e. The van der Waals surface area contributed by atoms with Gasteiger partial charge in [0.1, 0.15) is 0 Å². The van der Waals surface area contributed by atoms with Crippen molar-refractivity contribution >= 4 is 17.5 Å². The van der Waals surface area contributed by atoms with E-state index in [-0.39, 0.29) is 5.91 Å². The normalized spacial score (nSPS) is 10.7. The van der Waals surface area contributed by atoms with Crippen molar-refractivity contribution in [3.8, 4) is 0 Å². The van der Waals surface area contributed by atoms with Crippen molar-refractivity contribution < 1.29 is 4.79 Å². The lowest BCUT2D eigenvalue weighted by Crippen LogP contribution is -2.31. The highest BCUT2D eigenvalue weighted by Gasteiger charge is 2.19. The Morgan fingerprint density at radius 2 is 1.85 bits per heavy atom. The summed E-state index contributed by atoms with van der Waals surface area (Å²) >= 11 is 6.20. The van der Waals surface area contributed by atoms with Crippen LogP contribution in [0.25, 0.3) is 0 Å². The molecule has 0 atom stereocenters. The summed E-state index contributed by atoms with van der Waals surface area (Å²) in [6, 6.07) is 17.6. The van der Waals surface area contributed by atoms with E-state index in [4.69, 9.17) is 11.6 Å². The molecule has 0 fully saturated rings. The third-order valence-electron chi connectivity index (χ3n) is 4.33. The summed E-state index contributed by atoms with van der Waals surface area (Å²) in [6.45, 7) is 3.86. The summed E-state index contributed by atoms with van der Waals surface area (Å²) in [7, 11) is 0. The first-order valence-corrected chi connectivity index (χ1v) is 9.52. The minimum atomic E-state index is -0.0993. The summed E-state index contributed by atoms with van der Waals surface area (Å²) in [5, 5.41) is 8.87. The molecule has 27 heavy (non-hydrogen) atoms. The molecule has 0 saturated carbocycles. The summed E-state index contributed by atoms with van der Waals surface area (Å²) in [6.07, 6.45) is 3.67. The van der Waals surface area contributed by atoms with Gasteiger partial charge in [-0.25, -0.2) is 4.68 Å². The van der Waals surface area contributed by atoms with E-state index >= 15 is 0 Å². The van der Waals surface area contributed by atoms with Crippen molar-refractivity contribution in [2.45, 2.75) is 32.9 Å². The maximum atomic E-state index is 13.0. The largest absolute Gasteiger partial charge is 0.333 e. The first-order chi connectivity index (χ1) is 13.2. The summed E-state index contributed by atoms with van der Waals surface area (Å²) < 4.78 is 1.65. The van der Waals surface area contributed by atoms with Crippen LogP contribution in [0.4, 0.5) is 0 Å². The second-order valence-electron chi connectivity index (χ2n) is 6.46. The molecule has 5 nitrogen and oxygen atoms in total. The Morgan fingerprint density at radius 3 is 2.59 bits per heavy atom. The predicted octanol–water partition coefficient (Wildman–Crippen LogP) is 4.42. The second-order valence-corrected chi connectivity index (χ2v) is 6.87. The lowest BCUT2D eigenvalue weighted by atomic mass is 10.2. The van der Waals surface area contributed by atoms with Crippen molar-refractivity contribution in [1.29, 1.82) is 0 Å². The van der Waals surface area contributed by atoms with E-state index in [1.165, 1.54) is 0 Å². The van der Waals surface area contributed by atoms with Gasteiger partial charge in [0.25, 0.3) is 5.91 Å². The molecule has 0 N–H and O–H groups in total. The van der Waals surface area contributed by atoms with Gasteiger partial charge in [0.2, 0.25) is 0 Å². The van der Waals surface area contributed by atoms with E-state index in [0.717, 1.165) is 24.0 Å². The molecule has 3 rings (SSSR count). The van der Waals surface area contributed by atoms with Gasteiger partial charge >= 0.3 is 0 Å². The molecule has 0 radical (unpaired) electrons. The molecule has 0 unspecified atom stereocenters. The van der Waals surface area contributed by atoms with E-state index in [9.17, 15) is 4.79 Å². The van der Waals surface area contributed by atoms with Gasteiger partial charge in [0.05, 0.1) is 12.7 Å². The number of hydrogen-bond donors (Lipinski definition) is 0. The fourth-order valence-corrected chi connectivity index (χ4v) is 3.04. The quantitative estimate of drug-likeness (QED) is 0.579. The summed E-state index contributed by atoms with van der Waals surface area (Å²) in [5.74, 6) is -0.0993. The lowest BCUT2D eigenvalue weighted by Gasteiger charge is -2.21. The third-order valence-corrected chi connectivity index (χ3v) is 4.70. The van der Waals surface area contributed by atoms with Gasteiger partial charge in [-0.2, -0.15) is 0 Å². The molecule has 1 aromatic heterocycles. The molecule has 0 aliphatic carbocycles. The second kappa shape index (κ2) is 9.33. The van der Waals surface area contributed by atoms with Crippen LogP contribution in [0, 0.1) is 0 Å².